The van der Waals surface area contributed by atoms with Crippen molar-refractivity contribution in [3.8, 4) is 0 Å². The van der Waals surface area contributed by atoms with E-state index < -0.39 is 5.60 Å². The van der Waals surface area contributed by atoms with E-state index in [1.54, 1.807) is 0 Å². The predicted octanol–water partition coefficient (Wildman–Crippen LogP) is 3.24. The molecule has 1 aromatic rings. The Hall–Kier alpha value is -1.59. The number of ether oxygens (including phenoxy) is 1. The van der Waals surface area contributed by atoms with Gasteiger partial charge in [-0.2, -0.15) is 0 Å². The van der Waals surface area contributed by atoms with Gasteiger partial charge in [0.05, 0.1) is 12.6 Å². The van der Waals surface area contributed by atoms with Crippen molar-refractivity contribution in [3.05, 3.63) is 35.9 Å². The topological polar surface area (TPSA) is 61.8 Å². The first-order chi connectivity index (χ1) is 11.9. The van der Waals surface area contributed by atoms with Gasteiger partial charge < -0.3 is 20.1 Å². The number of hydrogen-bond donors (Lipinski definition) is 2. The summed E-state index contributed by atoms with van der Waals surface area (Å²) in [7, 11) is 0. The third-order valence-corrected chi connectivity index (χ3v) is 5.16. The minimum Gasteiger partial charge on any atom is -0.444 e. The van der Waals surface area contributed by atoms with Crippen LogP contribution >= 0.6 is 0 Å². The molecular formula is C20H30N2O3. The number of amides is 1. The number of aliphatic hydroxyl groups excluding tert-OH is 1. The second-order valence-corrected chi connectivity index (χ2v) is 8.25. The molecule has 0 aliphatic carbocycles. The molecule has 0 saturated carbocycles. The molecule has 0 radical (unpaired) electrons. The molecule has 2 fully saturated rings. The summed E-state index contributed by atoms with van der Waals surface area (Å²) in [5.41, 5.74) is 0.646. The first-order valence-electron chi connectivity index (χ1n) is 9.30. The maximum atomic E-state index is 12.5. The van der Waals surface area contributed by atoms with Crippen LogP contribution in [0.2, 0.25) is 0 Å². The third-order valence-electron chi connectivity index (χ3n) is 5.16. The number of fused-ring (bicyclic) bond motifs is 2. The minimum atomic E-state index is -0.457. The van der Waals surface area contributed by atoms with Crippen molar-refractivity contribution < 1.29 is 14.6 Å². The van der Waals surface area contributed by atoms with E-state index in [0.29, 0.717) is 6.04 Å². The van der Waals surface area contributed by atoms with E-state index in [1.165, 1.54) is 0 Å². The average Bonchev–Trinajstić information content (AvgIpc) is 2.83. The second kappa shape index (κ2) is 7.34. The van der Waals surface area contributed by atoms with Gasteiger partial charge in [0.15, 0.2) is 0 Å². The van der Waals surface area contributed by atoms with Crippen molar-refractivity contribution in [1.82, 2.24) is 10.2 Å². The molecule has 2 heterocycles. The van der Waals surface area contributed by atoms with E-state index in [2.05, 4.69) is 5.32 Å². The van der Waals surface area contributed by atoms with Crippen LogP contribution in [0.25, 0.3) is 0 Å². The highest BCUT2D eigenvalue weighted by Gasteiger charge is 2.45. The van der Waals surface area contributed by atoms with Gasteiger partial charge in [0.1, 0.15) is 5.60 Å². The van der Waals surface area contributed by atoms with Gasteiger partial charge in [0.2, 0.25) is 0 Å². The van der Waals surface area contributed by atoms with Crippen LogP contribution in [0, 0.1) is 0 Å². The zero-order valence-electron chi connectivity index (χ0n) is 15.4. The first-order valence-corrected chi connectivity index (χ1v) is 9.30. The highest BCUT2D eigenvalue weighted by molar-refractivity contribution is 5.69. The molecule has 5 heteroatoms. The number of benzene rings is 1. The van der Waals surface area contributed by atoms with Gasteiger partial charge in [-0.3, -0.25) is 0 Å². The molecule has 2 aliphatic heterocycles. The second-order valence-electron chi connectivity index (χ2n) is 8.25. The van der Waals surface area contributed by atoms with Crippen LogP contribution in [0.5, 0.6) is 0 Å². The molecule has 5 nitrogen and oxygen atoms in total. The summed E-state index contributed by atoms with van der Waals surface area (Å²) >= 11 is 0. The number of rotatable bonds is 4. The lowest BCUT2D eigenvalue weighted by Crippen LogP contribution is -2.53. The maximum absolute atomic E-state index is 12.5. The normalized spacial score (nSPS) is 27.2. The van der Waals surface area contributed by atoms with Gasteiger partial charge in [-0.1, -0.05) is 30.3 Å². The summed E-state index contributed by atoms with van der Waals surface area (Å²) in [5.74, 6) is 0. The maximum Gasteiger partial charge on any atom is 0.410 e. The Morgan fingerprint density at radius 2 is 1.84 bits per heavy atom. The fourth-order valence-electron chi connectivity index (χ4n) is 4.15. The highest BCUT2D eigenvalue weighted by atomic mass is 16.6. The molecule has 2 saturated heterocycles. The van der Waals surface area contributed by atoms with Crippen molar-refractivity contribution in [2.75, 3.05) is 6.61 Å². The van der Waals surface area contributed by atoms with Gasteiger partial charge >= 0.3 is 6.09 Å². The number of nitrogens with one attached hydrogen (secondary N) is 1. The summed E-state index contributed by atoms with van der Waals surface area (Å²) in [6, 6.07) is 10.8. The van der Waals surface area contributed by atoms with Crippen LogP contribution in [0.3, 0.4) is 0 Å². The minimum absolute atomic E-state index is 0.0568. The number of carbonyl (C=O) groups is 1. The number of aliphatic hydroxyl groups is 1. The Balaban J connectivity index is 1.62. The van der Waals surface area contributed by atoms with Crippen LogP contribution in [-0.2, 0) is 4.74 Å². The van der Waals surface area contributed by atoms with E-state index in [-0.39, 0.29) is 30.8 Å². The molecule has 1 amide bonds. The fraction of sp³-hybridized carbons (Fsp3) is 0.650. The Kier molecular flexibility index (Phi) is 5.35. The van der Waals surface area contributed by atoms with Crippen molar-refractivity contribution in [1.29, 1.82) is 0 Å². The van der Waals surface area contributed by atoms with E-state index in [9.17, 15) is 9.90 Å². The molecule has 2 unspecified atom stereocenters. The lowest BCUT2D eigenvalue weighted by molar-refractivity contribution is 0.00386. The molecule has 25 heavy (non-hydrogen) atoms. The monoisotopic (exact) mass is 346 g/mol. The number of nitrogens with zero attached hydrogens (tertiary/aromatic N) is 1. The van der Waals surface area contributed by atoms with Crippen LogP contribution in [0.1, 0.15) is 58.1 Å². The Bertz CT molecular complexity index is 570. The van der Waals surface area contributed by atoms with Crippen LogP contribution in [0.4, 0.5) is 4.79 Å². The number of piperidine rings is 1. The largest absolute Gasteiger partial charge is 0.444 e. The molecule has 2 aliphatic rings. The van der Waals surface area contributed by atoms with E-state index in [0.717, 1.165) is 31.2 Å². The van der Waals surface area contributed by atoms with Gasteiger partial charge in [0, 0.05) is 18.1 Å². The quantitative estimate of drug-likeness (QED) is 0.879. The van der Waals surface area contributed by atoms with Crippen LogP contribution in [-0.4, -0.2) is 46.4 Å². The molecule has 2 N–H and O–H groups in total. The highest BCUT2D eigenvalue weighted by Crippen LogP contribution is 2.37. The van der Waals surface area contributed by atoms with E-state index in [1.807, 2.05) is 56.0 Å². The summed E-state index contributed by atoms with van der Waals surface area (Å²) in [6.45, 7) is 5.80. The SMILES string of the molecule is CC(C)(C)OC(=O)N1C2CCC1CC(N[C@H](CO)c1ccccc1)C2. The average molecular weight is 346 g/mol. The Morgan fingerprint density at radius 3 is 2.36 bits per heavy atom. The molecule has 0 spiro atoms. The zero-order valence-corrected chi connectivity index (χ0v) is 15.4. The van der Waals surface area contributed by atoms with Gasteiger partial charge in [-0.15, -0.1) is 0 Å². The van der Waals surface area contributed by atoms with Crippen molar-refractivity contribution in [2.45, 2.75) is 76.2 Å². The van der Waals surface area contributed by atoms with Gasteiger partial charge in [-0.25, -0.2) is 4.79 Å². The lowest BCUT2D eigenvalue weighted by Gasteiger charge is -2.40. The summed E-state index contributed by atoms with van der Waals surface area (Å²) in [5, 5.41) is 13.4. The molecule has 1 aromatic carbocycles. The molecular weight excluding hydrogens is 316 g/mol. The van der Waals surface area contributed by atoms with Crippen molar-refractivity contribution in [2.24, 2.45) is 0 Å². The molecule has 3 atom stereocenters. The van der Waals surface area contributed by atoms with E-state index >= 15 is 0 Å². The molecule has 2 bridgehead atoms. The smallest absolute Gasteiger partial charge is 0.410 e. The summed E-state index contributed by atoms with van der Waals surface area (Å²) in [6.07, 6.45) is 3.73. The Morgan fingerprint density at radius 1 is 1.24 bits per heavy atom. The fourth-order valence-corrected chi connectivity index (χ4v) is 4.15. The van der Waals surface area contributed by atoms with Crippen molar-refractivity contribution >= 4 is 6.09 Å². The predicted molar refractivity (Wildman–Crippen MR) is 97.3 cm³/mol. The third kappa shape index (κ3) is 4.33. The Labute approximate surface area is 150 Å². The molecule has 3 rings (SSSR count). The summed E-state index contributed by atoms with van der Waals surface area (Å²) in [4.78, 5) is 14.5. The van der Waals surface area contributed by atoms with Gasteiger partial charge in [-0.05, 0) is 52.0 Å². The standard InChI is InChI=1S/C20H30N2O3/c1-20(2,3)25-19(24)22-16-9-10-17(22)12-15(11-16)21-18(13-23)14-7-5-4-6-8-14/h4-8,15-18,21,23H,9-13H2,1-3H3/t15?,16?,17?,18-/m1/s1. The van der Waals surface area contributed by atoms with Crippen molar-refractivity contribution in [3.63, 3.8) is 0 Å². The van der Waals surface area contributed by atoms with Gasteiger partial charge in [0.25, 0.3) is 0 Å². The zero-order chi connectivity index (χ0) is 18.0. The van der Waals surface area contributed by atoms with E-state index in [4.69, 9.17) is 4.74 Å². The number of hydrogen-bond acceptors (Lipinski definition) is 4. The molecule has 0 aromatic heterocycles. The molecule has 138 valence electrons. The number of carbonyl (C=O) groups excluding carboxylic acids is 1. The van der Waals surface area contributed by atoms with Crippen LogP contribution < -0.4 is 5.32 Å². The summed E-state index contributed by atoms with van der Waals surface area (Å²) < 4.78 is 5.59. The first kappa shape index (κ1) is 18.2. The van der Waals surface area contributed by atoms with Crippen LogP contribution in [0.15, 0.2) is 30.3 Å². The lowest BCUT2D eigenvalue weighted by atomic mass is 9.95.